The number of anilines is 2. The predicted molar refractivity (Wildman–Crippen MR) is 73.8 cm³/mol. The van der Waals surface area contributed by atoms with Crippen LogP contribution < -0.4 is 16.4 Å². The Morgan fingerprint density at radius 3 is 2.53 bits per heavy atom. The van der Waals surface area contributed by atoms with E-state index in [9.17, 15) is 9.59 Å². The quantitative estimate of drug-likeness (QED) is 0.713. The third-order valence-corrected chi connectivity index (χ3v) is 2.47. The first kappa shape index (κ1) is 15.1. The Kier molecular flexibility index (Phi) is 5.98. The van der Waals surface area contributed by atoms with Gasteiger partial charge in [-0.05, 0) is 24.6 Å². The minimum Gasteiger partial charge on any atom is -0.375 e. The molecule has 0 spiro atoms. The van der Waals surface area contributed by atoms with Crippen molar-refractivity contribution in [3.8, 4) is 0 Å². The molecule has 6 heteroatoms. The Labute approximate surface area is 112 Å². The lowest BCUT2D eigenvalue weighted by Crippen LogP contribution is -2.34. The second-order valence-corrected chi connectivity index (χ2v) is 4.07. The average Bonchev–Trinajstić information content (AvgIpc) is 2.38. The van der Waals surface area contributed by atoms with Crippen molar-refractivity contribution in [3.05, 3.63) is 24.3 Å². The largest absolute Gasteiger partial charge is 0.375 e. The zero-order chi connectivity index (χ0) is 14.3. The average molecular weight is 265 g/mol. The smallest absolute Gasteiger partial charge is 0.250 e. The molecule has 0 aliphatic heterocycles. The van der Waals surface area contributed by atoms with Gasteiger partial charge in [0.1, 0.15) is 6.61 Å². The maximum absolute atomic E-state index is 11.6. The summed E-state index contributed by atoms with van der Waals surface area (Å²) in [7, 11) is 1.45. The fourth-order valence-corrected chi connectivity index (χ4v) is 1.42. The summed E-state index contributed by atoms with van der Waals surface area (Å²) in [5.74, 6) is -0.501. The number of nitrogens with one attached hydrogen (secondary N) is 2. The van der Waals surface area contributed by atoms with E-state index in [1.165, 1.54) is 7.11 Å². The van der Waals surface area contributed by atoms with Gasteiger partial charge in [0, 0.05) is 18.5 Å². The molecule has 19 heavy (non-hydrogen) atoms. The Bertz CT molecular complexity index is 449. The van der Waals surface area contributed by atoms with Crippen molar-refractivity contribution in [1.82, 2.24) is 0 Å². The number of carbonyl (C=O) groups excluding carboxylic acids is 2. The SMILES string of the molecule is CC[C@H](N)C(=O)Nc1cccc(NC(=O)COC)c1. The molecule has 2 amide bonds. The molecule has 0 heterocycles. The molecule has 6 nitrogen and oxygen atoms in total. The van der Waals surface area contributed by atoms with Gasteiger partial charge < -0.3 is 21.1 Å². The van der Waals surface area contributed by atoms with Gasteiger partial charge in [-0.2, -0.15) is 0 Å². The van der Waals surface area contributed by atoms with Crippen LogP contribution in [-0.2, 0) is 14.3 Å². The highest BCUT2D eigenvalue weighted by Gasteiger charge is 2.11. The number of benzene rings is 1. The van der Waals surface area contributed by atoms with Crippen molar-refractivity contribution in [2.45, 2.75) is 19.4 Å². The first-order valence-electron chi connectivity index (χ1n) is 6.02. The maximum atomic E-state index is 11.6. The van der Waals surface area contributed by atoms with Gasteiger partial charge in [0.15, 0.2) is 0 Å². The van der Waals surface area contributed by atoms with E-state index in [2.05, 4.69) is 10.6 Å². The minimum absolute atomic E-state index is 0.0166. The van der Waals surface area contributed by atoms with Crippen LogP contribution in [0.15, 0.2) is 24.3 Å². The van der Waals surface area contributed by atoms with Crippen molar-refractivity contribution >= 4 is 23.2 Å². The van der Waals surface area contributed by atoms with E-state index < -0.39 is 6.04 Å². The molecule has 0 fully saturated rings. The summed E-state index contributed by atoms with van der Waals surface area (Å²) in [6, 6.07) is 6.31. The van der Waals surface area contributed by atoms with Gasteiger partial charge >= 0.3 is 0 Å². The molecule has 0 aliphatic carbocycles. The fourth-order valence-electron chi connectivity index (χ4n) is 1.42. The topological polar surface area (TPSA) is 93.5 Å². The molecule has 0 unspecified atom stereocenters. The third kappa shape index (κ3) is 5.07. The summed E-state index contributed by atoms with van der Waals surface area (Å²) < 4.78 is 4.72. The van der Waals surface area contributed by atoms with Gasteiger partial charge in [0.2, 0.25) is 11.8 Å². The van der Waals surface area contributed by atoms with E-state index in [1.807, 2.05) is 6.92 Å². The summed E-state index contributed by atoms with van der Waals surface area (Å²) in [5.41, 5.74) is 6.80. The second-order valence-electron chi connectivity index (χ2n) is 4.07. The van der Waals surface area contributed by atoms with Crippen LogP contribution in [0.2, 0.25) is 0 Å². The van der Waals surface area contributed by atoms with Crippen LogP contribution in [0.5, 0.6) is 0 Å². The molecular weight excluding hydrogens is 246 g/mol. The van der Waals surface area contributed by atoms with Gasteiger partial charge in [0.05, 0.1) is 6.04 Å². The van der Waals surface area contributed by atoms with Crippen molar-refractivity contribution in [3.63, 3.8) is 0 Å². The van der Waals surface area contributed by atoms with E-state index in [0.717, 1.165) is 0 Å². The minimum atomic E-state index is -0.535. The number of methoxy groups -OCH3 is 1. The van der Waals surface area contributed by atoms with Crippen molar-refractivity contribution in [2.75, 3.05) is 24.4 Å². The lowest BCUT2D eigenvalue weighted by Gasteiger charge is -2.11. The highest BCUT2D eigenvalue weighted by molar-refractivity contribution is 5.96. The number of rotatable bonds is 6. The van der Waals surface area contributed by atoms with E-state index in [4.69, 9.17) is 10.5 Å². The molecule has 0 bridgehead atoms. The molecule has 0 saturated heterocycles. The summed E-state index contributed by atoms with van der Waals surface area (Å²) in [4.78, 5) is 23.0. The monoisotopic (exact) mass is 265 g/mol. The molecule has 4 N–H and O–H groups in total. The van der Waals surface area contributed by atoms with Crippen molar-refractivity contribution in [2.24, 2.45) is 5.73 Å². The van der Waals surface area contributed by atoms with Crippen LogP contribution in [0.25, 0.3) is 0 Å². The van der Waals surface area contributed by atoms with E-state index in [-0.39, 0.29) is 18.4 Å². The number of hydrogen-bond donors (Lipinski definition) is 3. The van der Waals surface area contributed by atoms with Crippen LogP contribution in [0.4, 0.5) is 11.4 Å². The highest BCUT2D eigenvalue weighted by Crippen LogP contribution is 2.15. The number of ether oxygens (including phenoxy) is 1. The molecule has 0 radical (unpaired) electrons. The zero-order valence-electron chi connectivity index (χ0n) is 11.1. The molecule has 1 atom stereocenters. The number of nitrogens with two attached hydrogens (primary N) is 1. The van der Waals surface area contributed by atoms with Gasteiger partial charge in [-0.1, -0.05) is 13.0 Å². The first-order chi connectivity index (χ1) is 9.06. The molecular formula is C13H19N3O3. The standard InChI is InChI=1S/C13H19N3O3/c1-3-11(14)13(18)16-10-6-4-5-9(7-10)15-12(17)8-19-2/h4-7,11H,3,8,14H2,1-2H3,(H,15,17)(H,16,18)/t11-/m0/s1. The van der Waals surface area contributed by atoms with Crippen molar-refractivity contribution < 1.29 is 14.3 Å². The summed E-state index contributed by atoms with van der Waals surface area (Å²) in [5, 5.41) is 5.34. The number of amides is 2. The normalized spacial score (nSPS) is 11.7. The van der Waals surface area contributed by atoms with E-state index in [1.54, 1.807) is 24.3 Å². The Balaban J connectivity index is 2.66. The summed E-state index contributed by atoms with van der Waals surface area (Å²) in [6.07, 6.45) is 0.566. The van der Waals surface area contributed by atoms with Gasteiger partial charge in [-0.15, -0.1) is 0 Å². The predicted octanol–water partition coefficient (Wildman–Crippen LogP) is 0.947. The van der Waals surface area contributed by atoms with Crippen LogP contribution in [0.3, 0.4) is 0 Å². The Morgan fingerprint density at radius 1 is 1.32 bits per heavy atom. The van der Waals surface area contributed by atoms with Crippen LogP contribution in [0.1, 0.15) is 13.3 Å². The van der Waals surface area contributed by atoms with Crippen molar-refractivity contribution in [1.29, 1.82) is 0 Å². The fraction of sp³-hybridized carbons (Fsp3) is 0.385. The van der Waals surface area contributed by atoms with Gasteiger partial charge in [-0.25, -0.2) is 0 Å². The Hall–Kier alpha value is -1.92. The van der Waals surface area contributed by atoms with Gasteiger partial charge in [-0.3, -0.25) is 9.59 Å². The van der Waals surface area contributed by atoms with Crippen LogP contribution >= 0.6 is 0 Å². The molecule has 0 aromatic heterocycles. The molecule has 0 aliphatic rings. The molecule has 104 valence electrons. The highest BCUT2D eigenvalue weighted by atomic mass is 16.5. The summed E-state index contributed by atoms with van der Waals surface area (Å²) in [6.45, 7) is 1.82. The first-order valence-corrected chi connectivity index (χ1v) is 6.02. The molecule has 0 saturated carbocycles. The molecule has 1 aromatic rings. The third-order valence-electron chi connectivity index (χ3n) is 2.47. The van der Waals surface area contributed by atoms with Crippen LogP contribution in [0, 0.1) is 0 Å². The Morgan fingerprint density at radius 2 is 1.95 bits per heavy atom. The van der Waals surface area contributed by atoms with E-state index in [0.29, 0.717) is 17.8 Å². The van der Waals surface area contributed by atoms with Crippen LogP contribution in [-0.4, -0.2) is 31.6 Å². The summed E-state index contributed by atoms with van der Waals surface area (Å²) >= 11 is 0. The lowest BCUT2D eigenvalue weighted by molar-refractivity contribution is -0.119. The zero-order valence-corrected chi connectivity index (χ0v) is 11.1. The second kappa shape index (κ2) is 7.50. The number of carbonyl (C=O) groups is 2. The van der Waals surface area contributed by atoms with E-state index >= 15 is 0 Å². The maximum Gasteiger partial charge on any atom is 0.250 e. The number of hydrogen-bond acceptors (Lipinski definition) is 4. The molecule has 1 rings (SSSR count). The van der Waals surface area contributed by atoms with Gasteiger partial charge in [0.25, 0.3) is 0 Å². The molecule has 1 aromatic carbocycles. The lowest BCUT2D eigenvalue weighted by atomic mass is 10.2.